The average Bonchev–Trinajstić information content (AvgIpc) is 3.10. The number of aliphatic imine (C=N–C) groups is 1. The fourth-order valence-corrected chi connectivity index (χ4v) is 3.06. The minimum atomic E-state index is 0.309. The van der Waals surface area contributed by atoms with Crippen molar-refractivity contribution in [2.45, 2.75) is 72.1 Å². The van der Waals surface area contributed by atoms with E-state index in [0.717, 1.165) is 63.0 Å². The lowest BCUT2D eigenvalue weighted by Crippen LogP contribution is -2.49. The van der Waals surface area contributed by atoms with Crippen molar-refractivity contribution >= 4 is 5.96 Å². The number of aromatic nitrogens is 1. The molecule has 0 amide bonds. The quantitative estimate of drug-likeness (QED) is 0.508. The molecule has 27 heavy (non-hydrogen) atoms. The van der Waals surface area contributed by atoms with Crippen molar-refractivity contribution in [2.75, 3.05) is 32.8 Å². The minimum Gasteiger partial charge on any atom is -0.377 e. The highest BCUT2D eigenvalue weighted by molar-refractivity contribution is 5.80. The Bertz CT molecular complexity index is 562. The van der Waals surface area contributed by atoms with Gasteiger partial charge in [0.15, 0.2) is 11.7 Å². The summed E-state index contributed by atoms with van der Waals surface area (Å²) in [6, 6.07) is 2.45. The van der Waals surface area contributed by atoms with Crippen molar-refractivity contribution in [1.82, 2.24) is 20.7 Å². The molecule has 2 rings (SSSR count). The van der Waals surface area contributed by atoms with Crippen LogP contribution in [0.25, 0.3) is 0 Å². The van der Waals surface area contributed by atoms with Gasteiger partial charge in [-0.2, -0.15) is 0 Å². The van der Waals surface area contributed by atoms with Gasteiger partial charge in [-0.05, 0) is 39.5 Å². The first-order chi connectivity index (χ1) is 13.0. The standard InChI is InChI=1S/C20H37N5O2/c1-6-21-20(22-14-18-13-19(15(2)3)24-27-18)23-17-7-9-25(10-8-17)11-12-26-16(4)5/h13,15-17H,6-12,14H2,1-5H3,(H2,21,22,23). The minimum absolute atomic E-state index is 0.309. The summed E-state index contributed by atoms with van der Waals surface area (Å²) in [5.74, 6) is 2.02. The van der Waals surface area contributed by atoms with Crippen molar-refractivity contribution in [2.24, 2.45) is 4.99 Å². The zero-order valence-electron chi connectivity index (χ0n) is 17.6. The molecule has 1 aliphatic heterocycles. The van der Waals surface area contributed by atoms with Crippen LogP contribution in [0.2, 0.25) is 0 Å². The first-order valence-electron chi connectivity index (χ1n) is 10.3. The number of nitrogens with zero attached hydrogens (tertiary/aromatic N) is 3. The van der Waals surface area contributed by atoms with E-state index in [1.807, 2.05) is 6.07 Å². The molecule has 7 heteroatoms. The third-order valence-corrected chi connectivity index (χ3v) is 4.69. The first kappa shape index (κ1) is 21.7. The van der Waals surface area contributed by atoms with E-state index < -0.39 is 0 Å². The maximum Gasteiger partial charge on any atom is 0.191 e. The lowest BCUT2D eigenvalue weighted by atomic mass is 10.1. The third-order valence-electron chi connectivity index (χ3n) is 4.69. The van der Waals surface area contributed by atoms with Crippen LogP contribution < -0.4 is 10.6 Å². The van der Waals surface area contributed by atoms with Crippen LogP contribution in [0.3, 0.4) is 0 Å². The fourth-order valence-electron chi connectivity index (χ4n) is 3.06. The van der Waals surface area contributed by atoms with E-state index in [4.69, 9.17) is 9.26 Å². The number of likely N-dealkylation sites (tertiary alicyclic amines) is 1. The lowest BCUT2D eigenvalue weighted by molar-refractivity contribution is 0.0532. The molecule has 0 atom stereocenters. The molecule has 1 fully saturated rings. The third kappa shape index (κ3) is 7.89. The summed E-state index contributed by atoms with van der Waals surface area (Å²) >= 11 is 0. The lowest BCUT2D eigenvalue weighted by Gasteiger charge is -2.33. The molecule has 2 heterocycles. The molecule has 1 saturated heterocycles. The van der Waals surface area contributed by atoms with Gasteiger partial charge in [0.2, 0.25) is 0 Å². The van der Waals surface area contributed by atoms with Gasteiger partial charge in [-0.25, -0.2) is 4.99 Å². The molecule has 1 aromatic heterocycles. The normalized spacial score (nSPS) is 17.1. The number of hydrogen-bond acceptors (Lipinski definition) is 5. The van der Waals surface area contributed by atoms with Crippen molar-refractivity contribution in [1.29, 1.82) is 0 Å². The molecule has 0 aliphatic carbocycles. The topological polar surface area (TPSA) is 74.9 Å². The Morgan fingerprint density at radius 2 is 2.07 bits per heavy atom. The number of guanidine groups is 1. The van der Waals surface area contributed by atoms with Gasteiger partial charge in [-0.15, -0.1) is 0 Å². The molecule has 7 nitrogen and oxygen atoms in total. The van der Waals surface area contributed by atoms with Crippen LogP contribution in [-0.2, 0) is 11.3 Å². The van der Waals surface area contributed by atoms with Crippen LogP contribution in [-0.4, -0.2) is 60.9 Å². The summed E-state index contributed by atoms with van der Waals surface area (Å²) in [7, 11) is 0. The molecule has 0 aromatic carbocycles. The van der Waals surface area contributed by atoms with Gasteiger partial charge in [-0.1, -0.05) is 19.0 Å². The Morgan fingerprint density at radius 1 is 1.33 bits per heavy atom. The van der Waals surface area contributed by atoms with E-state index in [9.17, 15) is 0 Å². The summed E-state index contributed by atoms with van der Waals surface area (Å²) < 4.78 is 11.0. The second kappa shape index (κ2) is 11.3. The highest BCUT2D eigenvalue weighted by atomic mass is 16.5. The molecular formula is C20H37N5O2. The van der Waals surface area contributed by atoms with E-state index in [0.29, 0.717) is 24.6 Å². The van der Waals surface area contributed by atoms with Crippen LogP contribution >= 0.6 is 0 Å². The van der Waals surface area contributed by atoms with Crippen molar-refractivity contribution < 1.29 is 9.26 Å². The van der Waals surface area contributed by atoms with Gasteiger partial charge in [0.05, 0.1) is 18.4 Å². The van der Waals surface area contributed by atoms with E-state index in [1.165, 1.54) is 0 Å². The second-order valence-corrected chi connectivity index (χ2v) is 7.75. The van der Waals surface area contributed by atoms with Crippen molar-refractivity contribution in [3.63, 3.8) is 0 Å². The molecule has 0 radical (unpaired) electrons. The van der Waals surface area contributed by atoms with Crippen LogP contribution in [0.5, 0.6) is 0 Å². The van der Waals surface area contributed by atoms with E-state index in [-0.39, 0.29) is 0 Å². The van der Waals surface area contributed by atoms with E-state index in [2.05, 4.69) is 60.3 Å². The second-order valence-electron chi connectivity index (χ2n) is 7.75. The maximum absolute atomic E-state index is 5.66. The van der Waals surface area contributed by atoms with Crippen LogP contribution in [0.4, 0.5) is 0 Å². The Labute approximate surface area is 163 Å². The fraction of sp³-hybridized carbons (Fsp3) is 0.800. The number of ether oxygens (including phenoxy) is 1. The van der Waals surface area contributed by atoms with Crippen molar-refractivity contribution in [3.8, 4) is 0 Å². The zero-order valence-corrected chi connectivity index (χ0v) is 17.6. The molecule has 0 bridgehead atoms. The zero-order chi connectivity index (χ0) is 19.6. The summed E-state index contributed by atoms with van der Waals surface area (Å²) in [6.07, 6.45) is 2.54. The molecule has 154 valence electrons. The predicted molar refractivity (Wildman–Crippen MR) is 109 cm³/mol. The van der Waals surface area contributed by atoms with Crippen LogP contribution in [0.15, 0.2) is 15.6 Å². The molecule has 2 N–H and O–H groups in total. The highest BCUT2D eigenvalue weighted by Crippen LogP contribution is 2.15. The van der Waals surface area contributed by atoms with Crippen molar-refractivity contribution in [3.05, 3.63) is 17.5 Å². The summed E-state index contributed by atoms with van der Waals surface area (Å²) in [4.78, 5) is 7.14. The predicted octanol–water partition coefficient (Wildman–Crippen LogP) is 2.74. The molecular weight excluding hydrogens is 342 g/mol. The van der Waals surface area contributed by atoms with Gasteiger partial charge in [0, 0.05) is 38.3 Å². The van der Waals surface area contributed by atoms with Crippen LogP contribution in [0, 0.1) is 0 Å². The summed E-state index contributed by atoms with van der Waals surface area (Å²) in [5.41, 5.74) is 0.979. The van der Waals surface area contributed by atoms with Gasteiger partial charge < -0.3 is 24.8 Å². The number of piperidine rings is 1. The average molecular weight is 380 g/mol. The van der Waals surface area contributed by atoms with Gasteiger partial charge in [0.1, 0.15) is 6.54 Å². The Morgan fingerprint density at radius 3 is 2.67 bits per heavy atom. The SMILES string of the molecule is CCNC(=NCc1cc(C(C)C)no1)NC1CCN(CCOC(C)C)CC1. The Kier molecular flexibility index (Phi) is 9.07. The van der Waals surface area contributed by atoms with Gasteiger partial charge >= 0.3 is 0 Å². The van der Waals surface area contributed by atoms with Gasteiger partial charge in [0.25, 0.3) is 0 Å². The molecule has 1 aromatic rings. The maximum atomic E-state index is 5.66. The smallest absolute Gasteiger partial charge is 0.191 e. The highest BCUT2D eigenvalue weighted by Gasteiger charge is 2.20. The monoisotopic (exact) mass is 379 g/mol. The molecule has 0 spiro atoms. The number of rotatable bonds is 9. The molecule has 1 aliphatic rings. The van der Waals surface area contributed by atoms with E-state index in [1.54, 1.807) is 0 Å². The Balaban J connectivity index is 1.78. The largest absolute Gasteiger partial charge is 0.377 e. The number of hydrogen-bond donors (Lipinski definition) is 2. The summed E-state index contributed by atoms with van der Waals surface area (Å²) in [5, 5.41) is 11.0. The van der Waals surface area contributed by atoms with E-state index >= 15 is 0 Å². The molecule has 0 saturated carbocycles. The number of nitrogens with one attached hydrogen (secondary N) is 2. The first-order valence-corrected chi connectivity index (χ1v) is 10.3. The van der Waals surface area contributed by atoms with Gasteiger partial charge in [-0.3, -0.25) is 0 Å². The summed E-state index contributed by atoms with van der Waals surface area (Å²) in [6.45, 7) is 15.8. The molecule has 0 unspecified atom stereocenters. The Hall–Kier alpha value is -1.60. The van der Waals surface area contributed by atoms with Crippen LogP contribution in [0.1, 0.15) is 64.8 Å².